The molecule has 0 aliphatic carbocycles. The molecule has 9 nitrogen and oxygen atoms in total. The maximum Gasteiger partial charge on any atom is 0.243 e. The Morgan fingerprint density at radius 3 is 2.47 bits per heavy atom. The number of anilines is 1. The highest BCUT2D eigenvalue weighted by atomic mass is 32.2. The van der Waals surface area contributed by atoms with Crippen LogP contribution in [-0.4, -0.2) is 52.3 Å². The van der Waals surface area contributed by atoms with Crippen molar-refractivity contribution in [1.29, 1.82) is 0 Å². The van der Waals surface area contributed by atoms with Crippen molar-refractivity contribution < 1.29 is 13.2 Å². The van der Waals surface area contributed by atoms with E-state index in [0.29, 0.717) is 29.8 Å². The molecule has 0 aliphatic rings. The van der Waals surface area contributed by atoms with Gasteiger partial charge in [-0.25, -0.2) is 13.1 Å². The lowest BCUT2D eigenvalue weighted by Crippen LogP contribution is -2.30. The molecular weight excluding hydrogens is 448 g/mol. The number of aromatic nitrogens is 3. The lowest BCUT2D eigenvalue weighted by molar-refractivity contribution is -0.113. The van der Waals surface area contributed by atoms with E-state index in [4.69, 9.17) is 5.84 Å². The van der Waals surface area contributed by atoms with Crippen molar-refractivity contribution in [2.45, 2.75) is 30.8 Å². The normalized spacial score (nSPS) is 11.6. The summed E-state index contributed by atoms with van der Waals surface area (Å²) in [6.45, 7) is 6.30. The highest BCUT2D eigenvalue weighted by Crippen LogP contribution is 2.23. The van der Waals surface area contributed by atoms with Crippen molar-refractivity contribution in [3.63, 3.8) is 0 Å². The second kappa shape index (κ2) is 10.2. The van der Waals surface area contributed by atoms with Crippen LogP contribution in [0, 0.1) is 6.92 Å². The van der Waals surface area contributed by atoms with Gasteiger partial charge >= 0.3 is 0 Å². The Kier molecular flexibility index (Phi) is 7.54. The average molecular weight is 475 g/mol. The minimum absolute atomic E-state index is 0.0380. The van der Waals surface area contributed by atoms with Crippen LogP contribution in [0.1, 0.15) is 19.4 Å². The predicted molar refractivity (Wildman–Crippen MR) is 126 cm³/mol. The van der Waals surface area contributed by atoms with Crippen LogP contribution in [-0.2, 0) is 14.8 Å². The molecule has 3 rings (SSSR count). The number of hydrogen-bond donors (Lipinski definition) is 2. The van der Waals surface area contributed by atoms with Crippen molar-refractivity contribution in [3.05, 3.63) is 54.1 Å². The van der Waals surface area contributed by atoms with Crippen LogP contribution in [0.4, 0.5) is 5.69 Å². The van der Waals surface area contributed by atoms with Gasteiger partial charge < -0.3 is 11.2 Å². The van der Waals surface area contributed by atoms with E-state index < -0.39 is 10.0 Å². The molecule has 0 radical (unpaired) electrons. The number of nitrogens with one attached hydrogen (secondary N) is 1. The standard InChI is InChI=1S/C21H26N6O3S2/c1-4-26(5-2)32(29,30)18-8-6-7-17(13-18)23-19(28)14-31-21-25-24-20(27(21)22)16-11-9-15(3)10-12-16/h6-13H,4-5,14,22H2,1-3H3,(H,23,28). The Balaban J connectivity index is 1.66. The molecule has 0 spiro atoms. The third kappa shape index (κ3) is 5.29. The van der Waals surface area contributed by atoms with Crippen molar-refractivity contribution >= 4 is 33.4 Å². The molecule has 0 saturated carbocycles. The van der Waals surface area contributed by atoms with Crippen LogP contribution in [0.2, 0.25) is 0 Å². The highest BCUT2D eigenvalue weighted by molar-refractivity contribution is 7.99. The van der Waals surface area contributed by atoms with Gasteiger partial charge in [0.05, 0.1) is 10.6 Å². The van der Waals surface area contributed by atoms with Gasteiger partial charge in [-0.2, -0.15) is 4.31 Å². The van der Waals surface area contributed by atoms with Crippen molar-refractivity contribution in [3.8, 4) is 11.4 Å². The number of carbonyl (C=O) groups is 1. The maximum absolute atomic E-state index is 12.7. The molecule has 3 aromatic rings. The molecule has 0 unspecified atom stereocenters. The number of nitrogen functional groups attached to an aromatic ring is 1. The summed E-state index contributed by atoms with van der Waals surface area (Å²) in [4.78, 5) is 12.6. The number of amides is 1. The summed E-state index contributed by atoms with van der Waals surface area (Å²) in [5.74, 6) is 6.33. The van der Waals surface area contributed by atoms with Gasteiger partial charge in [-0.05, 0) is 25.1 Å². The van der Waals surface area contributed by atoms with E-state index in [0.717, 1.165) is 22.9 Å². The Hall–Kier alpha value is -2.89. The smallest absolute Gasteiger partial charge is 0.243 e. The molecule has 170 valence electrons. The molecule has 11 heteroatoms. The van der Waals surface area contributed by atoms with Crippen molar-refractivity contribution in [2.24, 2.45) is 0 Å². The molecular formula is C21H26N6O3S2. The molecule has 0 bridgehead atoms. The fraction of sp³-hybridized carbons (Fsp3) is 0.286. The molecule has 3 N–H and O–H groups in total. The minimum Gasteiger partial charge on any atom is -0.335 e. The topological polar surface area (TPSA) is 123 Å². The van der Waals surface area contributed by atoms with Crippen molar-refractivity contribution in [1.82, 2.24) is 19.2 Å². The molecule has 2 aromatic carbocycles. The van der Waals surface area contributed by atoms with Crippen LogP contribution < -0.4 is 11.2 Å². The maximum atomic E-state index is 12.7. The van der Waals surface area contributed by atoms with Gasteiger partial charge in [0.25, 0.3) is 0 Å². The Morgan fingerprint density at radius 2 is 1.81 bits per heavy atom. The first-order valence-corrected chi connectivity index (χ1v) is 12.5. The summed E-state index contributed by atoms with van der Waals surface area (Å²) < 4.78 is 28.1. The largest absolute Gasteiger partial charge is 0.335 e. The fourth-order valence-electron chi connectivity index (χ4n) is 3.05. The molecule has 0 saturated heterocycles. The van der Waals surface area contributed by atoms with E-state index in [-0.39, 0.29) is 16.6 Å². The lowest BCUT2D eigenvalue weighted by atomic mass is 10.1. The zero-order valence-corrected chi connectivity index (χ0v) is 19.8. The second-order valence-corrected chi connectivity index (χ2v) is 9.88. The molecule has 0 fully saturated rings. The van der Waals surface area contributed by atoms with Gasteiger partial charge in [-0.15, -0.1) is 10.2 Å². The molecule has 1 amide bonds. The van der Waals surface area contributed by atoms with E-state index >= 15 is 0 Å². The zero-order valence-electron chi connectivity index (χ0n) is 18.1. The van der Waals surface area contributed by atoms with E-state index in [1.54, 1.807) is 26.0 Å². The first kappa shape index (κ1) is 23.8. The molecule has 1 aromatic heterocycles. The van der Waals surface area contributed by atoms with Gasteiger partial charge in [0, 0.05) is 24.3 Å². The van der Waals surface area contributed by atoms with E-state index in [2.05, 4.69) is 15.5 Å². The summed E-state index contributed by atoms with van der Waals surface area (Å²) in [5.41, 5.74) is 2.35. The predicted octanol–water partition coefficient (Wildman–Crippen LogP) is 2.73. The number of thioether (sulfide) groups is 1. The van der Waals surface area contributed by atoms with Gasteiger partial charge in [-0.3, -0.25) is 4.79 Å². The first-order chi connectivity index (χ1) is 15.3. The number of rotatable bonds is 9. The fourth-order valence-corrected chi connectivity index (χ4v) is 5.21. The molecule has 32 heavy (non-hydrogen) atoms. The Bertz CT molecular complexity index is 1190. The summed E-state index contributed by atoms with van der Waals surface area (Å²) in [7, 11) is -3.61. The van der Waals surface area contributed by atoms with Gasteiger partial charge in [0.1, 0.15) is 0 Å². The molecule has 0 atom stereocenters. The number of benzene rings is 2. The lowest BCUT2D eigenvalue weighted by Gasteiger charge is -2.18. The summed E-state index contributed by atoms with van der Waals surface area (Å²) in [6.07, 6.45) is 0. The van der Waals surface area contributed by atoms with Crippen LogP contribution in [0.5, 0.6) is 0 Å². The summed E-state index contributed by atoms with van der Waals surface area (Å²) in [5, 5.41) is 11.3. The second-order valence-electron chi connectivity index (χ2n) is 7.00. The number of nitrogens with zero attached hydrogens (tertiary/aromatic N) is 4. The highest BCUT2D eigenvalue weighted by Gasteiger charge is 2.22. The quantitative estimate of drug-likeness (QED) is 0.361. The SMILES string of the molecule is CCN(CC)S(=O)(=O)c1cccc(NC(=O)CSc2nnc(-c3ccc(C)cc3)n2N)c1. The zero-order chi connectivity index (χ0) is 23.3. The van der Waals surface area contributed by atoms with Crippen LogP contribution >= 0.6 is 11.8 Å². The first-order valence-electron chi connectivity index (χ1n) is 10.1. The number of carbonyl (C=O) groups excluding carboxylic acids is 1. The minimum atomic E-state index is -3.61. The monoisotopic (exact) mass is 474 g/mol. The number of aryl methyl sites for hydroxylation is 1. The number of nitrogens with two attached hydrogens (primary N) is 1. The van der Waals surface area contributed by atoms with Gasteiger partial charge in [0.15, 0.2) is 5.82 Å². The van der Waals surface area contributed by atoms with E-state index in [9.17, 15) is 13.2 Å². The number of sulfonamides is 1. The third-order valence-electron chi connectivity index (χ3n) is 4.77. The van der Waals surface area contributed by atoms with Crippen molar-refractivity contribution in [2.75, 3.05) is 30.0 Å². The third-order valence-corrected chi connectivity index (χ3v) is 7.76. The van der Waals surface area contributed by atoms with E-state index in [1.807, 2.05) is 31.2 Å². The van der Waals surface area contributed by atoms with Gasteiger partial charge in [0.2, 0.25) is 21.1 Å². The molecule has 0 aliphatic heterocycles. The summed E-state index contributed by atoms with van der Waals surface area (Å²) in [6, 6.07) is 13.9. The Morgan fingerprint density at radius 1 is 1.12 bits per heavy atom. The Labute approximate surface area is 192 Å². The molecule has 1 heterocycles. The average Bonchev–Trinajstić information content (AvgIpc) is 3.14. The van der Waals surface area contributed by atoms with Crippen LogP contribution in [0.15, 0.2) is 58.6 Å². The van der Waals surface area contributed by atoms with E-state index in [1.165, 1.54) is 21.1 Å². The van der Waals surface area contributed by atoms with Crippen LogP contribution in [0.25, 0.3) is 11.4 Å². The summed E-state index contributed by atoms with van der Waals surface area (Å²) >= 11 is 1.14. The van der Waals surface area contributed by atoms with Gasteiger partial charge in [-0.1, -0.05) is 61.5 Å². The number of hydrogen-bond acceptors (Lipinski definition) is 7. The van der Waals surface area contributed by atoms with Crippen LogP contribution in [0.3, 0.4) is 0 Å².